The third-order valence-electron chi connectivity index (χ3n) is 2.56. The number of benzene rings is 1. The summed E-state index contributed by atoms with van der Waals surface area (Å²) in [5.74, 6) is -0.178. The Morgan fingerprint density at radius 2 is 2.12 bits per heavy atom. The molecule has 0 aromatic heterocycles. The molecular formula is C13H20FNO2. The van der Waals surface area contributed by atoms with Crippen molar-refractivity contribution in [2.75, 3.05) is 26.4 Å². The van der Waals surface area contributed by atoms with Gasteiger partial charge in [-0.05, 0) is 12.5 Å². The van der Waals surface area contributed by atoms with Gasteiger partial charge < -0.3 is 15.2 Å². The first-order valence-electron chi connectivity index (χ1n) is 5.96. The predicted octanol–water partition coefficient (Wildman–Crippen LogP) is 1.88. The Kier molecular flexibility index (Phi) is 6.77. The highest BCUT2D eigenvalue weighted by atomic mass is 19.1. The first-order chi connectivity index (χ1) is 8.29. The highest BCUT2D eigenvalue weighted by Crippen LogP contribution is 2.19. The fourth-order valence-corrected chi connectivity index (χ4v) is 1.70. The number of ether oxygens (including phenoxy) is 1. The van der Waals surface area contributed by atoms with E-state index in [0.717, 1.165) is 6.42 Å². The minimum absolute atomic E-state index is 0.00827. The minimum atomic E-state index is -0.178. The van der Waals surface area contributed by atoms with Gasteiger partial charge in [0.2, 0.25) is 0 Å². The van der Waals surface area contributed by atoms with Gasteiger partial charge in [0.15, 0.2) is 0 Å². The van der Waals surface area contributed by atoms with Gasteiger partial charge in [-0.15, -0.1) is 0 Å². The molecule has 1 aromatic carbocycles. The zero-order valence-corrected chi connectivity index (χ0v) is 10.2. The maximum Gasteiger partial charge on any atom is 0.127 e. The van der Waals surface area contributed by atoms with E-state index in [9.17, 15) is 4.39 Å². The van der Waals surface area contributed by atoms with Crippen LogP contribution < -0.4 is 5.32 Å². The Hall–Kier alpha value is -0.970. The molecule has 1 rings (SSSR count). The second-order valence-electron chi connectivity index (χ2n) is 3.77. The summed E-state index contributed by atoms with van der Waals surface area (Å²) in [6, 6.07) is 6.81. The number of hydrogen-bond donors (Lipinski definition) is 2. The molecule has 1 atom stereocenters. The fraction of sp³-hybridized carbons (Fsp3) is 0.538. The van der Waals surface area contributed by atoms with Crippen LogP contribution in [-0.4, -0.2) is 31.5 Å². The van der Waals surface area contributed by atoms with Crippen molar-refractivity contribution in [3.05, 3.63) is 35.6 Å². The number of halogens is 1. The van der Waals surface area contributed by atoms with E-state index in [1.165, 1.54) is 6.07 Å². The monoisotopic (exact) mass is 241 g/mol. The lowest BCUT2D eigenvalue weighted by Gasteiger charge is -2.18. The van der Waals surface area contributed by atoms with E-state index in [2.05, 4.69) is 5.32 Å². The molecule has 2 N–H and O–H groups in total. The zero-order chi connectivity index (χ0) is 12.5. The average molecular weight is 241 g/mol. The van der Waals surface area contributed by atoms with E-state index in [1.807, 2.05) is 13.0 Å². The SMILES string of the molecule is CCC(NCCOCCO)c1ccccc1F. The number of aliphatic hydroxyl groups is 1. The minimum Gasteiger partial charge on any atom is -0.394 e. The molecule has 0 aliphatic heterocycles. The maximum atomic E-state index is 13.6. The summed E-state index contributed by atoms with van der Waals surface area (Å²) in [5.41, 5.74) is 0.692. The van der Waals surface area contributed by atoms with Crippen LogP contribution in [0.1, 0.15) is 24.9 Å². The van der Waals surface area contributed by atoms with Crippen molar-refractivity contribution >= 4 is 0 Å². The van der Waals surface area contributed by atoms with Crippen LogP contribution in [-0.2, 0) is 4.74 Å². The van der Waals surface area contributed by atoms with Gasteiger partial charge in [0.1, 0.15) is 5.82 Å². The summed E-state index contributed by atoms with van der Waals surface area (Å²) in [4.78, 5) is 0. The molecule has 0 aliphatic rings. The number of aliphatic hydroxyl groups excluding tert-OH is 1. The van der Waals surface area contributed by atoms with E-state index >= 15 is 0 Å². The van der Waals surface area contributed by atoms with Gasteiger partial charge in [-0.2, -0.15) is 0 Å². The smallest absolute Gasteiger partial charge is 0.127 e. The van der Waals surface area contributed by atoms with Crippen LogP contribution >= 0.6 is 0 Å². The largest absolute Gasteiger partial charge is 0.394 e. The lowest BCUT2D eigenvalue weighted by molar-refractivity contribution is 0.0924. The van der Waals surface area contributed by atoms with Crippen LogP contribution in [0, 0.1) is 5.82 Å². The van der Waals surface area contributed by atoms with Gasteiger partial charge in [-0.25, -0.2) is 4.39 Å². The highest BCUT2D eigenvalue weighted by molar-refractivity contribution is 5.20. The van der Waals surface area contributed by atoms with Crippen LogP contribution in [0.15, 0.2) is 24.3 Å². The second kappa shape index (κ2) is 8.17. The van der Waals surface area contributed by atoms with Gasteiger partial charge in [0.25, 0.3) is 0 Å². The van der Waals surface area contributed by atoms with Crippen molar-refractivity contribution in [2.24, 2.45) is 0 Å². The molecular weight excluding hydrogens is 221 g/mol. The lowest BCUT2D eigenvalue weighted by Crippen LogP contribution is -2.26. The summed E-state index contributed by atoms with van der Waals surface area (Å²) in [6.45, 7) is 3.56. The van der Waals surface area contributed by atoms with Gasteiger partial charge >= 0.3 is 0 Å². The van der Waals surface area contributed by atoms with Gasteiger partial charge in [0.05, 0.1) is 19.8 Å². The van der Waals surface area contributed by atoms with E-state index in [4.69, 9.17) is 9.84 Å². The zero-order valence-electron chi connectivity index (χ0n) is 10.2. The molecule has 3 nitrogen and oxygen atoms in total. The Balaban J connectivity index is 2.41. The summed E-state index contributed by atoms with van der Waals surface area (Å²) in [7, 11) is 0. The van der Waals surface area contributed by atoms with Crippen LogP contribution in [0.2, 0.25) is 0 Å². The van der Waals surface area contributed by atoms with E-state index < -0.39 is 0 Å². The summed E-state index contributed by atoms with van der Waals surface area (Å²) >= 11 is 0. The van der Waals surface area contributed by atoms with Crippen molar-refractivity contribution < 1.29 is 14.2 Å². The molecule has 0 aliphatic carbocycles. The molecule has 0 saturated heterocycles. The third-order valence-corrected chi connectivity index (χ3v) is 2.56. The first kappa shape index (κ1) is 14.1. The summed E-state index contributed by atoms with van der Waals surface area (Å²) < 4.78 is 18.7. The Morgan fingerprint density at radius 1 is 1.35 bits per heavy atom. The molecule has 0 radical (unpaired) electrons. The second-order valence-corrected chi connectivity index (χ2v) is 3.77. The molecule has 96 valence electrons. The summed E-state index contributed by atoms with van der Waals surface area (Å²) in [6.07, 6.45) is 0.820. The van der Waals surface area contributed by atoms with E-state index in [-0.39, 0.29) is 18.5 Å². The lowest BCUT2D eigenvalue weighted by atomic mass is 10.0. The molecule has 0 heterocycles. The normalized spacial score (nSPS) is 12.6. The van der Waals surface area contributed by atoms with Crippen molar-refractivity contribution in [3.63, 3.8) is 0 Å². The standard InChI is InChI=1S/C13H20FNO2/c1-2-13(15-7-9-17-10-8-16)11-5-3-4-6-12(11)14/h3-6,13,15-16H,2,7-10H2,1H3. The van der Waals surface area contributed by atoms with Gasteiger partial charge in [-0.3, -0.25) is 0 Å². The Labute approximate surface area is 102 Å². The van der Waals surface area contributed by atoms with Gasteiger partial charge in [-0.1, -0.05) is 25.1 Å². The predicted molar refractivity (Wildman–Crippen MR) is 65.3 cm³/mol. The number of rotatable bonds is 8. The molecule has 0 bridgehead atoms. The van der Waals surface area contributed by atoms with E-state index in [0.29, 0.717) is 25.3 Å². The van der Waals surface area contributed by atoms with Crippen molar-refractivity contribution in [3.8, 4) is 0 Å². The van der Waals surface area contributed by atoms with Crippen molar-refractivity contribution in [2.45, 2.75) is 19.4 Å². The highest BCUT2D eigenvalue weighted by Gasteiger charge is 2.12. The molecule has 0 saturated carbocycles. The topological polar surface area (TPSA) is 41.5 Å². The molecule has 1 unspecified atom stereocenters. The molecule has 0 amide bonds. The van der Waals surface area contributed by atoms with Crippen molar-refractivity contribution in [1.82, 2.24) is 5.32 Å². The third kappa shape index (κ3) is 4.81. The number of hydrogen-bond acceptors (Lipinski definition) is 3. The number of nitrogens with one attached hydrogen (secondary N) is 1. The van der Waals surface area contributed by atoms with Crippen LogP contribution in [0.4, 0.5) is 4.39 Å². The molecule has 1 aromatic rings. The van der Waals surface area contributed by atoms with Gasteiger partial charge in [0, 0.05) is 18.2 Å². The quantitative estimate of drug-likeness (QED) is 0.683. The fourth-order valence-electron chi connectivity index (χ4n) is 1.70. The molecule has 4 heteroatoms. The maximum absolute atomic E-state index is 13.6. The van der Waals surface area contributed by atoms with E-state index in [1.54, 1.807) is 12.1 Å². The van der Waals surface area contributed by atoms with Crippen molar-refractivity contribution in [1.29, 1.82) is 0 Å². The molecule has 0 fully saturated rings. The average Bonchev–Trinajstić information content (AvgIpc) is 2.35. The first-order valence-corrected chi connectivity index (χ1v) is 5.96. The molecule has 0 spiro atoms. The molecule has 17 heavy (non-hydrogen) atoms. The Bertz CT molecular complexity index is 320. The summed E-state index contributed by atoms with van der Waals surface area (Å²) in [5, 5.41) is 11.8. The Morgan fingerprint density at radius 3 is 2.76 bits per heavy atom. The van der Waals surface area contributed by atoms with Crippen LogP contribution in [0.5, 0.6) is 0 Å². The van der Waals surface area contributed by atoms with Crippen LogP contribution in [0.25, 0.3) is 0 Å². The van der Waals surface area contributed by atoms with Crippen LogP contribution in [0.3, 0.4) is 0 Å².